The van der Waals surface area contributed by atoms with Gasteiger partial charge >= 0.3 is 11.2 Å². The van der Waals surface area contributed by atoms with Crippen molar-refractivity contribution in [1.29, 1.82) is 5.26 Å². The normalized spacial score (nSPS) is 11.4. The van der Waals surface area contributed by atoms with Crippen molar-refractivity contribution < 1.29 is 13.6 Å². The number of hydrogen-bond acceptors (Lipinski definition) is 4. The van der Waals surface area contributed by atoms with E-state index in [4.69, 9.17) is 0 Å². The molecule has 0 bridgehead atoms. The molecule has 1 amide bonds. The van der Waals surface area contributed by atoms with Crippen LogP contribution in [0.3, 0.4) is 0 Å². The summed E-state index contributed by atoms with van der Waals surface area (Å²) in [5, 5.41) is 9.10. The molecule has 0 aliphatic rings. The monoisotopic (exact) mass is 450 g/mol. The SMILES string of the molecule is CCNC(=O)C(F)(F)Sc1ncc(Br)n1-c1ccc(C#N)c2ccccc12. The van der Waals surface area contributed by atoms with E-state index in [9.17, 15) is 18.8 Å². The van der Waals surface area contributed by atoms with Crippen LogP contribution in [-0.4, -0.2) is 27.3 Å². The molecule has 0 aliphatic carbocycles. The van der Waals surface area contributed by atoms with E-state index in [-0.39, 0.29) is 23.5 Å². The zero-order chi connectivity index (χ0) is 19.6. The van der Waals surface area contributed by atoms with E-state index in [1.54, 1.807) is 43.3 Å². The molecule has 3 rings (SSSR count). The predicted octanol–water partition coefficient (Wildman–Crippen LogP) is 4.48. The highest BCUT2D eigenvalue weighted by molar-refractivity contribution is 9.10. The van der Waals surface area contributed by atoms with Gasteiger partial charge in [0.05, 0.1) is 23.5 Å². The molecule has 1 aromatic heterocycles. The highest BCUT2D eigenvalue weighted by Crippen LogP contribution is 2.39. The van der Waals surface area contributed by atoms with Gasteiger partial charge in [-0.05, 0) is 46.7 Å². The highest BCUT2D eigenvalue weighted by Gasteiger charge is 2.41. The quantitative estimate of drug-likeness (QED) is 0.581. The zero-order valence-electron chi connectivity index (χ0n) is 14.0. The molecule has 1 heterocycles. The van der Waals surface area contributed by atoms with Gasteiger partial charge in [-0.1, -0.05) is 24.3 Å². The molecule has 0 saturated carbocycles. The van der Waals surface area contributed by atoms with Gasteiger partial charge in [0.1, 0.15) is 4.60 Å². The summed E-state index contributed by atoms with van der Waals surface area (Å²) in [5.41, 5.74) is 1.05. The van der Waals surface area contributed by atoms with E-state index in [0.717, 1.165) is 0 Å². The number of thioether (sulfide) groups is 1. The lowest BCUT2D eigenvalue weighted by Crippen LogP contribution is -2.37. The fraction of sp³-hybridized carbons (Fsp3) is 0.167. The summed E-state index contributed by atoms with van der Waals surface area (Å²) in [6.45, 7) is 1.67. The smallest absolute Gasteiger partial charge is 0.350 e. The molecule has 0 spiro atoms. The predicted molar refractivity (Wildman–Crippen MR) is 103 cm³/mol. The molecule has 0 aliphatic heterocycles. The van der Waals surface area contributed by atoms with E-state index < -0.39 is 11.2 Å². The van der Waals surface area contributed by atoms with Crippen LogP contribution in [0.5, 0.6) is 0 Å². The van der Waals surface area contributed by atoms with Crippen molar-refractivity contribution in [1.82, 2.24) is 14.9 Å². The van der Waals surface area contributed by atoms with Crippen molar-refractivity contribution in [2.24, 2.45) is 0 Å². The number of benzene rings is 2. The third-order valence-electron chi connectivity index (χ3n) is 3.77. The number of nitriles is 1. The van der Waals surface area contributed by atoms with Gasteiger partial charge < -0.3 is 5.32 Å². The highest BCUT2D eigenvalue weighted by atomic mass is 79.9. The van der Waals surface area contributed by atoms with Gasteiger partial charge in [0.25, 0.3) is 0 Å². The Morgan fingerprint density at radius 3 is 2.70 bits per heavy atom. The molecule has 2 aromatic carbocycles. The molecule has 9 heteroatoms. The zero-order valence-corrected chi connectivity index (χ0v) is 16.4. The molecule has 1 N–H and O–H groups in total. The minimum atomic E-state index is -3.68. The van der Waals surface area contributed by atoms with Gasteiger partial charge in [-0.2, -0.15) is 14.0 Å². The first-order valence-electron chi connectivity index (χ1n) is 7.89. The lowest BCUT2D eigenvalue weighted by atomic mass is 10.0. The van der Waals surface area contributed by atoms with Crippen molar-refractivity contribution in [2.45, 2.75) is 17.3 Å². The fourth-order valence-electron chi connectivity index (χ4n) is 2.61. The molecule has 27 heavy (non-hydrogen) atoms. The molecule has 0 saturated heterocycles. The number of hydrogen-bond donors (Lipinski definition) is 1. The number of carbonyl (C=O) groups is 1. The number of nitrogens with one attached hydrogen (secondary N) is 1. The number of nitrogens with zero attached hydrogens (tertiary/aromatic N) is 3. The Kier molecular flexibility index (Phi) is 5.48. The molecule has 138 valence electrons. The number of imidazole rings is 1. The van der Waals surface area contributed by atoms with Crippen molar-refractivity contribution in [3.63, 3.8) is 0 Å². The van der Waals surface area contributed by atoms with Gasteiger partial charge in [-0.15, -0.1) is 0 Å². The fourth-order valence-corrected chi connectivity index (χ4v) is 3.97. The number of fused-ring (bicyclic) bond motifs is 1. The number of amides is 1. The first-order valence-corrected chi connectivity index (χ1v) is 9.50. The van der Waals surface area contributed by atoms with Crippen molar-refractivity contribution >= 4 is 44.4 Å². The molecule has 0 unspecified atom stereocenters. The summed E-state index contributed by atoms with van der Waals surface area (Å²) < 4.78 is 30.5. The Balaban J connectivity index is 2.13. The minimum Gasteiger partial charge on any atom is -0.350 e. The number of halogens is 3. The summed E-state index contributed by atoms with van der Waals surface area (Å²) in [5.74, 6) is -1.37. The second-order valence-corrected chi connectivity index (χ2v) is 7.36. The summed E-state index contributed by atoms with van der Waals surface area (Å²) in [7, 11) is 0. The number of alkyl halides is 2. The second kappa shape index (κ2) is 7.66. The first kappa shape index (κ1) is 19.3. The first-order chi connectivity index (χ1) is 12.9. The molecule has 5 nitrogen and oxygen atoms in total. The van der Waals surface area contributed by atoms with Crippen molar-refractivity contribution in [2.75, 3.05) is 6.54 Å². The standard InChI is InChI=1S/C18H13BrF2N4OS/c1-2-23-16(26)18(20,21)27-17-24-10-15(19)25(17)14-8-7-11(9-22)12-5-3-4-6-13(12)14/h3-8,10H,2H2,1H3,(H,23,26). The van der Waals surface area contributed by atoms with E-state index >= 15 is 0 Å². The van der Waals surface area contributed by atoms with E-state index in [0.29, 0.717) is 26.6 Å². The van der Waals surface area contributed by atoms with Gasteiger partial charge in [0.2, 0.25) is 0 Å². The number of aromatic nitrogens is 2. The largest absolute Gasteiger partial charge is 0.377 e. The van der Waals surface area contributed by atoms with Gasteiger partial charge in [-0.3, -0.25) is 9.36 Å². The van der Waals surface area contributed by atoms with Gasteiger partial charge in [0.15, 0.2) is 5.16 Å². The third-order valence-corrected chi connectivity index (χ3v) is 5.24. The third kappa shape index (κ3) is 3.68. The van der Waals surface area contributed by atoms with Crippen LogP contribution >= 0.6 is 27.7 Å². The van der Waals surface area contributed by atoms with Crippen molar-refractivity contribution in [3.05, 3.63) is 52.8 Å². The van der Waals surface area contributed by atoms with Crippen LogP contribution in [0.25, 0.3) is 16.5 Å². The summed E-state index contributed by atoms with van der Waals surface area (Å²) in [4.78, 5) is 15.7. The summed E-state index contributed by atoms with van der Waals surface area (Å²) in [6, 6.07) is 12.6. The Morgan fingerprint density at radius 1 is 1.33 bits per heavy atom. The maximum absolute atomic E-state index is 14.3. The van der Waals surface area contributed by atoms with E-state index in [1.807, 2.05) is 0 Å². The molecule has 0 radical (unpaired) electrons. The van der Waals surface area contributed by atoms with E-state index in [1.165, 1.54) is 10.8 Å². The van der Waals surface area contributed by atoms with Crippen LogP contribution in [0.4, 0.5) is 8.78 Å². The second-order valence-electron chi connectivity index (χ2n) is 5.47. The van der Waals surface area contributed by atoms with Crippen molar-refractivity contribution in [3.8, 4) is 11.8 Å². The van der Waals surface area contributed by atoms with Crippen LogP contribution in [0.1, 0.15) is 12.5 Å². The lowest BCUT2D eigenvalue weighted by molar-refractivity contribution is -0.134. The van der Waals surface area contributed by atoms with E-state index in [2.05, 4.69) is 32.3 Å². The Hall–Kier alpha value is -2.44. The van der Waals surface area contributed by atoms with Crippen LogP contribution in [-0.2, 0) is 4.79 Å². The minimum absolute atomic E-state index is 0.0482. The summed E-state index contributed by atoms with van der Waals surface area (Å²) >= 11 is 3.39. The average molecular weight is 451 g/mol. The molecule has 0 fully saturated rings. The maximum Gasteiger partial charge on any atom is 0.377 e. The Bertz CT molecular complexity index is 1060. The van der Waals surface area contributed by atoms with Crippen LogP contribution in [0.2, 0.25) is 0 Å². The van der Waals surface area contributed by atoms with Gasteiger partial charge in [-0.25, -0.2) is 4.98 Å². The maximum atomic E-state index is 14.3. The average Bonchev–Trinajstić information content (AvgIpc) is 3.00. The molecule has 0 atom stereocenters. The van der Waals surface area contributed by atoms with Crippen LogP contribution in [0, 0.1) is 11.3 Å². The summed E-state index contributed by atoms with van der Waals surface area (Å²) in [6.07, 6.45) is 1.39. The number of rotatable bonds is 5. The number of carbonyl (C=O) groups excluding carboxylic acids is 1. The molecular weight excluding hydrogens is 438 g/mol. The Morgan fingerprint density at radius 2 is 2.04 bits per heavy atom. The topological polar surface area (TPSA) is 70.7 Å². The molecule has 3 aromatic rings. The van der Waals surface area contributed by atoms with Gasteiger partial charge in [0, 0.05) is 17.3 Å². The lowest BCUT2D eigenvalue weighted by Gasteiger charge is -2.17. The molecular formula is C18H13BrF2N4OS. The van der Waals surface area contributed by atoms with Crippen LogP contribution in [0.15, 0.2) is 52.4 Å². The Labute approximate surface area is 166 Å². The van der Waals surface area contributed by atoms with Crippen LogP contribution < -0.4 is 5.32 Å².